The molecule has 1 saturated carbocycles. The van der Waals surface area contributed by atoms with Gasteiger partial charge in [0.1, 0.15) is 78.5 Å². The quantitative estimate of drug-likeness (QED) is 0.0175. The fourth-order valence-corrected chi connectivity index (χ4v) is 17.9. The van der Waals surface area contributed by atoms with Crippen molar-refractivity contribution in [3.63, 3.8) is 0 Å². The van der Waals surface area contributed by atoms with Gasteiger partial charge in [0.2, 0.25) is 94.5 Å². The highest BCUT2D eigenvalue weighted by molar-refractivity contribution is 8.00. The Labute approximate surface area is 815 Å². The number of urea groups is 1. The van der Waals surface area contributed by atoms with Crippen molar-refractivity contribution in [3.8, 4) is 0 Å². The zero-order valence-corrected chi connectivity index (χ0v) is 80.4. The van der Waals surface area contributed by atoms with Crippen molar-refractivity contribution in [3.05, 3.63) is 101 Å². The number of amides is 18. The number of piperazine rings is 1. The van der Waals surface area contributed by atoms with Crippen LogP contribution in [0.1, 0.15) is 140 Å². The number of pyridine rings is 1. The lowest BCUT2D eigenvalue weighted by Gasteiger charge is -2.36. The van der Waals surface area contributed by atoms with Crippen LogP contribution in [0.25, 0.3) is 21.8 Å². The van der Waals surface area contributed by atoms with E-state index < -0.39 is 278 Å². The smallest absolute Gasteiger partial charge is 0.317 e. The molecule has 764 valence electrons. The Morgan fingerprint density at radius 3 is 1.75 bits per heavy atom. The second kappa shape index (κ2) is 54.1. The van der Waals surface area contributed by atoms with Crippen molar-refractivity contribution in [1.29, 1.82) is 0 Å². The summed E-state index contributed by atoms with van der Waals surface area (Å²) < 4.78 is 3.36. The van der Waals surface area contributed by atoms with E-state index in [1.807, 2.05) is 0 Å². The molecule has 0 radical (unpaired) electrons. The van der Waals surface area contributed by atoms with Crippen molar-refractivity contribution in [2.45, 2.75) is 227 Å². The van der Waals surface area contributed by atoms with Crippen molar-refractivity contribution >= 4 is 164 Å². The average Bonchev–Trinajstić information content (AvgIpc) is 1.64. The first kappa shape index (κ1) is 112. The Kier molecular flexibility index (Phi) is 43.2. The first-order valence-electron chi connectivity index (χ1n) is 46.2. The summed E-state index contributed by atoms with van der Waals surface area (Å²) in [6.45, 7) is 2.98. The van der Waals surface area contributed by atoms with Crippen molar-refractivity contribution in [2.75, 3.05) is 71.4 Å². The lowest BCUT2D eigenvalue weighted by molar-refractivity contribution is -0.145. The van der Waals surface area contributed by atoms with Crippen molar-refractivity contribution in [2.24, 2.45) is 42.9 Å². The van der Waals surface area contributed by atoms with Gasteiger partial charge in [0.25, 0.3) is 0 Å². The predicted molar refractivity (Wildman–Crippen MR) is 508 cm³/mol. The lowest BCUT2D eigenvalue weighted by Crippen LogP contribution is -2.62. The van der Waals surface area contributed by atoms with E-state index >= 15 is 33.6 Å². The molecule has 0 unspecified atom stereocenters. The van der Waals surface area contributed by atoms with E-state index in [1.165, 1.54) is 37.3 Å². The number of nitrogens with one attached hydrogen (secondary N) is 12. The summed E-state index contributed by atoms with van der Waals surface area (Å²) >= 11 is 7.44. The van der Waals surface area contributed by atoms with Gasteiger partial charge < -0.3 is 131 Å². The Morgan fingerprint density at radius 1 is 0.557 bits per heavy atom. The van der Waals surface area contributed by atoms with Gasteiger partial charge in [-0.3, -0.25) is 101 Å². The number of aliphatic hydroxyl groups excluding tert-OH is 1. The third kappa shape index (κ3) is 33.3. The minimum atomic E-state index is -2.09. The maximum absolute atomic E-state index is 16.0. The van der Waals surface area contributed by atoms with Gasteiger partial charge in [-0.05, 0) is 138 Å². The van der Waals surface area contributed by atoms with Crippen LogP contribution in [0.2, 0.25) is 5.02 Å². The third-order valence-electron chi connectivity index (χ3n) is 24.6. The number of para-hydroxylation sites is 2. The number of rotatable bonds is 34. The molecule has 49 heteroatoms. The molecule has 5 heterocycles. The number of thioether (sulfide) groups is 1. The number of likely N-dealkylation sites (N-methyl/N-ethyl adjacent to an activating group) is 2. The molecule has 5 aromatic rings. The van der Waals surface area contributed by atoms with Gasteiger partial charge in [0.05, 0.1) is 35.4 Å². The van der Waals surface area contributed by atoms with Gasteiger partial charge in [0, 0.05) is 146 Å². The molecule has 1 aliphatic carbocycles. The van der Waals surface area contributed by atoms with Gasteiger partial charge in [0.15, 0.2) is 0 Å². The number of primary amides is 3. The van der Waals surface area contributed by atoms with E-state index in [4.69, 9.17) is 34.5 Å². The number of carbonyl (C=O) groups is 20. The third-order valence-corrected chi connectivity index (χ3v) is 26.0. The van der Waals surface area contributed by atoms with E-state index in [9.17, 15) is 82.8 Å². The summed E-state index contributed by atoms with van der Waals surface area (Å²) in [7, 11) is 5.69. The number of carboxylic acids is 3. The minimum Gasteiger partial charge on any atom is -0.481 e. The minimum absolute atomic E-state index is 0.0194. The van der Waals surface area contributed by atoms with Gasteiger partial charge >= 0.3 is 23.9 Å². The highest BCUT2D eigenvalue weighted by Crippen LogP contribution is 2.32. The summed E-state index contributed by atoms with van der Waals surface area (Å²) in [5.41, 5.74) is 25.1. The molecule has 2 aliphatic heterocycles. The number of hydrogen-bond acceptors (Lipinski definition) is 25. The molecule has 2 saturated heterocycles. The van der Waals surface area contributed by atoms with Crippen LogP contribution in [0.4, 0.5) is 4.79 Å². The van der Waals surface area contributed by atoms with Gasteiger partial charge in [-0.25, -0.2) is 4.79 Å². The number of nitrogens with zero attached hydrogens (tertiary/aromatic N) is 7. The number of aliphatic carboxylic acids is 3. The normalized spacial score (nSPS) is 23.0. The molecule has 18 amide bonds. The second-order valence-corrected chi connectivity index (χ2v) is 36.7. The number of fused-ring (bicyclic) bond motifs is 2. The van der Waals surface area contributed by atoms with E-state index in [2.05, 4.69) is 68.8 Å². The number of carboxylic acid groups (broad SMARTS) is 3. The van der Waals surface area contributed by atoms with Crippen molar-refractivity contribution in [1.82, 2.24) is 97.5 Å². The van der Waals surface area contributed by atoms with Gasteiger partial charge in [-0.15, -0.1) is 11.8 Å². The number of benzene rings is 2. The number of halogens is 1. The number of aliphatic hydroxyl groups is 1. The Balaban J connectivity index is 1.26. The van der Waals surface area contributed by atoms with Crippen LogP contribution in [-0.2, 0) is 124 Å². The highest BCUT2D eigenvalue weighted by atomic mass is 35.5. The summed E-state index contributed by atoms with van der Waals surface area (Å²) in [5.74, 6) is -23.4. The van der Waals surface area contributed by atoms with E-state index in [1.54, 1.807) is 89.1 Å². The highest BCUT2D eigenvalue weighted by Gasteiger charge is 2.44. The van der Waals surface area contributed by atoms with Crippen LogP contribution in [0.15, 0.2) is 79.4 Å². The number of aromatic nitrogens is 3. The molecule has 8 rings (SSSR count). The molecular formula is C91H128ClN23O24S. The largest absolute Gasteiger partial charge is 0.481 e. The SMILES string of the molecule is C[C@H]1NC(=O)CSC[C@@H](C(=O)N[C@H](CCC(=O)O)C(N)=O)NC(=O)[C@H](CCCC(N)=O)NC(=O)[C@H]([C@@H](C)O)NC(=O)[C@H](Cc2cn(C)c3ccccc23)NC(=O)[C@H](CCCCNC(=O)N2CCN(CC(=O)O)CC2)NC(=O)[C@H](Cc2cn(C)c3c(Cl)cccc23)NC(=O)[C@H](CCC(=O)O)N(C)C(=O)[C@H](CCCCN)NC(=O)[C@H](C2CCC2)NC(=O)[C@H](CC(N)=O)NC(=O)[C@H](Cc2cccnc2)N(C)C1=O. The molecular weight excluding hydrogens is 1870 g/mol. The Morgan fingerprint density at radius 2 is 1.13 bits per heavy atom. The number of unbranched alkanes of at least 4 members (excludes halogenated alkanes) is 2. The summed E-state index contributed by atoms with van der Waals surface area (Å²) in [5, 5.41) is 73.4. The molecule has 24 N–H and O–H groups in total. The molecule has 14 atom stereocenters. The average molecular weight is 2000 g/mol. The van der Waals surface area contributed by atoms with Crippen LogP contribution >= 0.6 is 23.4 Å². The predicted octanol–water partition coefficient (Wildman–Crippen LogP) is -3.86. The Bertz CT molecular complexity index is 5300. The number of nitrogens with two attached hydrogens (primary N) is 4. The fourth-order valence-electron chi connectivity index (χ4n) is 16.7. The molecule has 3 aromatic heterocycles. The number of carbonyl (C=O) groups excluding carboxylic acids is 17. The molecule has 0 bridgehead atoms. The van der Waals surface area contributed by atoms with Crippen LogP contribution in [0.3, 0.4) is 0 Å². The van der Waals surface area contributed by atoms with Crippen LogP contribution in [0.5, 0.6) is 0 Å². The van der Waals surface area contributed by atoms with Crippen LogP contribution in [0, 0.1) is 5.92 Å². The molecule has 3 aliphatic rings. The maximum Gasteiger partial charge on any atom is 0.317 e. The zero-order valence-electron chi connectivity index (χ0n) is 78.9. The molecule has 47 nitrogen and oxygen atoms in total. The summed E-state index contributed by atoms with van der Waals surface area (Å²) in [6.07, 6.45) is -0.788. The maximum atomic E-state index is 16.0. The Hall–Kier alpha value is -13.6. The summed E-state index contributed by atoms with van der Waals surface area (Å²) in [6, 6.07) is -8.56. The fraction of sp³-hybridized carbons (Fsp3) is 0.549. The van der Waals surface area contributed by atoms with Gasteiger partial charge in [-0.1, -0.05) is 54.4 Å². The van der Waals surface area contributed by atoms with Crippen molar-refractivity contribution < 1.29 is 116 Å². The van der Waals surface area contributed by atoms with Crippen LogP contribution in [-0.4, -0.2) is 329 Å². The molecule has 3 fully saturated rings. The van der Waals surface area contributed by atoms with E-state index in [0.29, 0.717) is 69.5 Å². The standard InChI is InChI=1S/C91H128ClN23O24S/c1-49-89(137)113(6)68(39-51-17-16-33-97-43-51)86(134)106-64(42-70(95)118)83(131)109-76(52-18-13-19-52)88(136)103-61(24-9-11-32-93)90(138)112(5)67(29-31-73(122)123)85(133)105-62(41-54-45-111(4)77-56(54)21-14-22-57(77)92)81(129)101-59(23-10-12-34-98-91(139)115-37-35-114(36-38-115)46-74(124)125)79(127)104-63(40-53-44-110(3)66-26-8-7-20-55(53)66)82(130)108-75(50(2)116)87(135)102-60(25-15-27-69(94)117)80(128)107-65(47-140-48-71(119)99-49)84(132)100-58(78(96)126)28-30-72(120)121/h7-8,14,16-17,20-22,26,33,43-45,49-50,52,58-65,67-68,75-76,116H,9-13,15,18-19,23-25,27-32,34-42,46-48,93H2,1-6H3,(H2,94,117)(H2,95,118)(H2,96,126)(H,98,139)(H,99,119)(H,100,132)(H,101,129)(H,102,135)(H,103,136)(H,104,127)(H,105,133)(H,106,134)(H,107,128)(H,108,130)(H,109,131)(H,120,121)(H,122,123)(H,124,125)/t49-,50-,58-,59+,60+,61+,62+,63+,64+,65+,67+,68+,75+,76+/m1/s1. The van der Waals surface area contributed by atoms with Gasteiger partial charge in [-0.2, -0.15) is 0 Å². The zero-order chi connectivity index (χ0) is 103. The summed E-state index contributed by atoms with van der Waals surface area (Å²) in [4.78, 5) is 294. The van der Waals surface area contributed by atoms with E-state index in [0.717, 1.165) is 23.8 Å². The second-order valence-electron chi connectivity index (χ2n) is 35.3. The van der Waals surface area contributed by atoms with Crippen LogP contribution < -0.4 is 86.7 Å². The molecule has 140 heavy (non-hydrogen) atoms. The first-order valence-corrected chi connectivity index (χ1v) is 47.7. The molecule has 0 spiro atoms. The lowest BCUT2D eigenvalue weighted by atomic mass is 9.79. The molecule has 2 aromatic carbocycles. The first-order chi connectivity index (χ1) is 66.4. The topological polar surface area (TPSA) is 706 Å². The number of aryl methyl sites for hydroxylation is 2. The number of hydrogen-bond donors (Lipinski definition) is 20. The van der Waals surface area contributed by atoms with E-state index in [-0.39, 0.29) is 102 Å². The monoisotopic (exact) mass is 1990 g/mol.